The molecule has 2 nitrogen and oxygen atoms in total. The lowest BCUT2D eigenvalue weighted by Crippen LogP contribution is -2.51. The van der Waals surface area contributed by atoms with Crippen LogP contribution in [0.25, 0.3) is 0 Å². The molecule has 0 radical (unpaired) electrons. The molecule has 0 aromatic rings. The summed E-state index contributed by atoms with van der Waals surface area (Å²) in [6, 6.07) is 0. The van der Waals surface area contributed by atoms with E-state index >= 15 is 0 Å². The SMILES string of the molecule is C=C/C=C\C(=C(/C)Cl)C1(N)CCCCC1=O. The Morgan fingerprint density at radius 2 is 2.25 bits per heavy atom. The van der Waals surface area contributed by atoms with Gasteiger partial charge in [-0.25, -0.2) is 0 Å². The smallest absolute Gasteiger partial charge is 0.157 e. The average Bonchev–Trinajstić information content (AvgIpc) is 2.23. The van der Waals surface area contributed by atoms with Gasteiger partial charge >= 0.3 is 0 Å². The third kappa shape index (κ3) is 2.63. The lowest BCUT2D eigenvalue weighted by atomic mass is 9.75. The molecular formula is C13H18ClNO. The maximum Gasteiger partial charge on any atom is 0.157 e. The Labute approximate surface area is 102 Å². The number of Topliss-reactive ketones (excluding diaryl/α,β-unsaturated/α-hetero) is 1. The quantitative estimate of drug-likeness (QED) is 0.770. The van der Waals surface area contributed by atoms with E-state index in [1.165, 1.54) is 0 Å². The number of nitrogens with two attached hydrogens (primary N) is 1. The van der Waals surface area contributed by atoms with Crippen molar-refractivity contribution in [2.75, 3.05) is 0 Å². The Morgan fingerprint density at radius 1 is 1.56 bits per heavy atom. The Hall–Kier alpha value is -0.860. The summed E-state index contributed by atoms with van der Waals surface area (Å²) in [5.74, 6) is 0.0856. The molecule has 0 spiro atoms. The third-order valence-electron chi connectivity index (χ3n) is 2.97. The molecule has 1 unspecified atom stereocenters. The number of ketones is 1. The standard InChI is InChI=1S/C13H18ClNO/c1-3-4-7-11(10(2)14)13(15)9-6-5-8-12(13)16/h3-4,7H,1,5-6,8-9,15H2,2H3/b7-4-,11-10-. The topological polar surface area (TPSA) is 43.1 Å². The first-order valence-corrected chi connectivity index (χ1v) is 5.88. The van der Waals surface area contributed by atoms with Gasteiger partial charge in [0.05, 0.1) is 0 Å². The highest BCUT2D eigenvalue weighted by atomic mass is 35.5. The van der Waals surface area contributed by atoms with Crippen LogP contribution in [0.15, 0.2) is 35.4 Å². The summed E-state index contributed by atoms with van der Waals surface area (Å²) in [5, 5.41) is 0.579. The summed E-state index contributed by atoms with van der Waals surface area (Å²) in [5.41, 5.74) is 6.03. The van der Waals surface area contributed by atoms with E-state index in [1.807, 2.05) is 0 Å². The first-order chi connectivity index (χ1) is 7.52. The predicted octanol–water partition coefficient (Wildman–Crippen LogP) is 3.08. The monoisotopic (exact) mass is 239 g/mol. The summed E-state index contributed by atoms with van der Waals surface area (Å²) < 4.78 is 0. The van der Waals surface area contributed by atoms with Gasteiger partial charge in [0.15, 0.2) is 5.78 Å². The largest absolute Gasteiger partial charge is 0.315 e. The highest BCUT2D eigenvalue weighted by Crippen LogP contribution is 2.32. The van der Waals surface area contributed by atoms with Crippen LogP contribution in [-0.4, -0.2) is 11.3 Å². The molecule has 16 heavy (non-hydrogen) atoms. The molecule has 1 rings (SSSR count). The van der Waals surface area contributed by atoms with Gasteiger partial charge in [-0.15, -0.1) is 0 Å². The van der Waals surface area contributed by atoms with E-state index in [4.69, 9.17) is 17.3 Å². The van der Waals surface area contributed by atoms with Gasteiger partial charge in [0.1, 0.15) is 5.54 Å². The minimum absolute atomic E-state index is 0.0856. The van der Waals surface area contributed by atoms with Gasteiger partial charge in [-0.3, -0.25) is 4.79 Å². The van der Waals surface area contributed by atoms with Crippen molar-refractivity contribution in [1.82, 2.24) is 0 Å². The molecule has 3 heteroatoms. The van der Waals surface area contributed by atoms with Gasteiger partial charge in [-0.2, -0.15) is 0 Å². The fourth-order valence-corrected chi connectivity index (χ4v) is 2.30. The molecular weight excluding hydrogens is 222 g/mol. The lowest BCUT2D eigenvalue weighted by Gasteiger charge is -2.33. The zero-order valence-corrected chi connectivity index (χ0v) is 10.4. The van der Waals surface area contributed by atoms with Crippen LogP contribution in [0, 0.1) is 0 Å². The summed E-state index contributed by atoms with van der Waals surface area (Å²) in [7, 11) is 0. The van der Waals surface area contributed by atoms with Crippen LogP contribution >= 0.6 is 11.6 Å². The maximum atomic E-state index is 11.9. The Bertz CT molecular complexity index is 353. The number of hydrogen-bond acceptors (Lipinski definition) is 2. The molecule has 0 amide bonds. The van der Waals surface area contributed by atoms with Crippen LogP contribution in [0.2, 0.25) is 0 Å². The number of allylic oxidation sites excluding steroid dienone is 3. The van der Waals surface area contributed by atoms with E-state index in [0.29, 0.717) is 17.9 Å². The van der Waals surface area contributed by atoms with Crippen molar-refractivity contribution in [3.63, 3.8) is 0 Å². The molecule has 0 heterocycles. The highest BCUT2D eigenvalue weighted by molar-refractivity contribution is 6.30. The van der Waals surface area contributed by atoms with Gasteiger partial charge < -0.3 is 5.73 Å². The Morgan fingerprint density at radius 3 is 2.75 bits per heavy atom. The molecule has 1 fully saturated rings. The van der Waals surface area contributed by atoms with Crippen molar-refractivity contribution in [3.05, 3.63) is 35.4 Å². The first-order valence-electron chi connectivity index (χ1n) is 5.50. The second-order valence-corrected chi connectivity index (χ2v) is 4.71. The Kier molecular flexibility index (Phi) is 4.51. The molecule has 1 saturated carbocycles. The van der Waals surface area contributed by atoms with Gasteiger partial charge in [0.2, 0.25) is 0 Å². The van der Waals surface area contributed by atoms with Gasteiger partial charge in [-0.1, -0.05) is 42.8 Å². The van der Waals surface area contributed by atoms with E-state index in [2.05, 4.69) is 6.58 Å². The highest BCUT2D eigenvalue weighted by Gasteiger charge is 2.38. The van der Waals surface area contributed by atoms with Gasteiger partial charge in [-0.05, 0) is 25.3 Å². The average molecular weight is 240 g/mol. The number of hydrogen-bond donors (Lipinski definition) is 1. The number of carbonyl (C=O) groups is 1. The van der Waals surface area contributed by atoms with E-state index in [9.17, 15) is 4.79 Å². The maximum absolute atomic E-state index is 11.9. The van der Waals surface area contributed by atoms with E-state index in [-0.39, 0.29) is 5.78 Å². The van der Waals surface area contributed by atoms with E-state index < -0.39 is 5.54 Å². The fourth-order valence-electron chi connectivity index (χ4n) is 2.07. The van der Waals surface area contributed by atoms with Crippen molar-refractivity contribution in [2.24, 2.45) is 5.73 Å². The van der Waals surface area contributed by atoms with Crippen molar-refractivity contribution < 1.29 is 4.79 Å². The van der Waals surface area contributed by atoms with Crippen LogP contribution < -0.4 is 5.73 Å². The van der Waals surface area contributed by atoms with Crippen molar-refractivity contribution in [3.8, 4) is 0 Å². The van der Waals surface area contributed by atoms with Crippen LogP contribution in [0.3, 0.4) is 0 Å². The van der Waals surface area contributed by atoms with Crippen molar-refractivity contribution in [1.29, 1.82) is 0 Å². The van der Waals surface area contributed by atoms with E-state index in [1.54, 1.807) is 25.2 Å². The molecule has 0 aliphatic heterocycles. The zero-order valence-electron chi connectivity index (χ0n) is 9.63. The minimum atomic E-state index is -0.899. The summed E-state index contributed by atoms with van der Waals surface area (Å²) in [6.45, 7) is 5.37. The summed E-state index contributed by atoms with van der Waals surface area (Å²) in [6.07, 6.45) is 8.32. The fraction of sp³-hybridized carbons (Fsp3) is 0.462. The number of carbonyl (C=O) groups excluding carboxylic acids is 1. The first kappa shape index (κ1) is 13.2. The molecule has 1 aliphatic rings. The molecule has 0 aromatic carbocycles. The van der Waals surface area contributed by atoms with Gasteiger partial charge in [0.25, 0.3) is 0 Å². The molecule has 88 valence electrons. The number of rotatable bonds is 3. The molecule has 0 bridgehead atoms. The summed E-state index contributed by atoms with van der Waals surface area (Å²) >= 11 is 6.03. The zero-order chi connectivity index (χ0) is 12.2. The van der Waals surface area contributed by atoms with Crippen molar-refractivity contribution in [2.45, 2.75) is 38.1 Å². The number of halogens is 1. The van der Waals surface area contributed by atoms with E-state index in [0.717, 1.165) is 18.4 Å². The molecule has 1 aliphatic carbocycles. The predicted molar refractivity (Wildman–Crippen MR) is 68.3 cm³/mol. The lowest BCUT2D eigenvalue weighted by molar-refractivity contribution is -0.124. The van der Waals surface area contributed by atoms with Crippen molar-refractivity contribution >= 4 is 17.4 Å². The summed E-state index contributed by atoms with van der Waals surface area (Å²) in [4.78, 5) is 11.9. The molecule has 0 saturated heterocycles. The molecule has 0 aromatic heterocycles. The third-order valence-corrected chi connectivity index (χ3v) is 3.18. The normalized spacial score (nSPS) is 28.1. The van der Waals surface area contributed by atoms with Crippen LogP contribution in [0.5, 0.6) is 0 Å². The Balaban J connectivity index is 3.10. The second kappa shape index (κ2) is 5.46. The second-order valence-electron chi connectivity index (χ2n) is 4.14. The van der Waals surface area contributed by atoms with Crippen LogP contribution in [-0.2, 0) is 4.79 Å². The van der Waals surface area contributed by atoms with Crippen LogP contribution in [0.1, 0.15) is 32.6 Å². The molecule has 1 atom stereocenters. The molecule has 2 N–H and O–H groups in total. The minimum Gasteiger partial charge on any atom is -0.315 e. The van der Waals surface area contributed by atoms with Crippen LogP contribution in [0.4, 0.5) is 0 Å². The van der Waals surface area contributed by atoms with Gasteiger partial charge in [0, 0.05) is 11.5 Å².